The molecule has 0 saturated heterocycles. The molecule has 2 aromatic carbocycles. The minimum absolute atomic E-state index is 0.0636. The van der Waals surface area contributed by atoms with Crippen molar-refractivity contribution in [1.82, 2.24) is 4.98 Å². The summed E-state index contributed by atoms with van der Waals surface area (Å²) in [6.45, 7) is 0.0636. The Bertz CT molecular complexity index is 790. The van der Waals surface area contributed by atoms with E-state index >= 15 is 0 Å². The average Bonchev–Trinajstić information content (AvgIpc) is 2.44. The molecule has 0 atom stereocenters. The van der Waals surface area contributed by atoms with Crippen LogP contribution in [0.25, 0.3) is 21.7 Å². The summed E-state index contributed by atoms with van der Waals surface area (Å²) in [4.78, 5) is 11.8. The van der Waals surface area contributed by atoms with Crippen LogP contribution in [0.5, 0.6) is 0 Å². The van der Waals surface area contributed by atoms with Gasteiger partial charge in [0.15, 0.2) is 0 Å². The van der Waals surface area contributed by atoms with Crippen LogP contribution in [-0.2, 0) is 6.61 Å². The Balaban J connectivity index is 2.33. The molecule has 20 heavy (non-hydrogen) atoms. The molecule has 2 nitrogen and oxygen atoms in total. The average molecular weight is 372 g/mol. The summed E-state index contributed by atoms with van der Waals surface area (Å²) >= 11 is -2.06. The van der Waals surface area contributed by atoms with Crippen molar-refractivity contribution < 1.29 is 5.11 Å². The molecule has 0 aliphatic heterocycles. The van der Waals surface area contributed by atoms with Gasteiger partial charge in [0.1, 0.15) is 0 Å². The van der Waals surface area contributed by atoms with E-state index in [1.807, 2.05) is 18.3 Å². The van der Waals surface area contributed by atoms with Crippen molar-refractivity contribution in [2.24, 2.45) is 0 Å². The van der Waals surface area contributed by atoms with Crippen LogP contribution in [0.2, 0.25) is 14.8 Å². The summed E-state index contributed by atoms with van der Waals surface area (Å²) < 4.78 is 1.53. The summed E-state index contributed by atoms with van der Waals surface area (Å²) in [5.41, 5.74) is 1.88. The van der Waals surface area contributed by atoms with E-state index in [1.54, 1.807) is 0 Å². The molecular weight excluding hydrogens is 353 g/mol. The number of nitrogens with zero attached hydrogens (tertiary/aromatic N) is 1. The van der Waals surface area contributed by atoms with Crippen molar-refractivity contribution in [3.8, 4) is 0 Å². The first-order valence-corrected chi connectivity index (χ1v) is 16.9. The van der Waals surface area contributed by atoms with E-state index in [4.69, 9.17) is 0 Å². The van der Waals surface area contributed by atoms with Crippen LogP contribution in [0, 0.1) is 0 Å². The van der Waals surface area contributed by atoms with Crippen molar-refractivity contribution in [2.75, 3.05) is 0 Å². The fourth-order valence-corrected chi connectivity index (χ4v) is 5.83. The second-order valence-corrected chi connectivity index (χ2v) is 20.8. The van der Waals surface area contributed by atoms with Gasteiger partial charge in [0.25, 0.3) is 0 Å². The Morgan fingerprint density at radius 3 is 2.50 bits per heavy atom. The number of aliphatic hydroxyl groups excluding tert-OH is 1. The number of aliphatic hydroxyl groups is 1. The summed E-state index contributed by atoms with van der Waals surface area (Å²) in [6, 6.07) is 12.9. The molecule has 0 radical (unpaired) electrons. The number of benzene rings is 2. The van der Waals surface area contributed by atoms with Crippen LogP contribution in [0.15, 0.2) is 42.6 Å². The maximum atomic E-state index is 9.24. The van der Waals surface area contributed by atoms with Gasteiger partial charge in [0, 0.05) is 0 Å². The summed E-state index contributed by atoms with van der Waals surface area (Å²) in [5.74, 6) is 0. The van der Waals surface area contributed by atoms with Crippen LogP contribution in [0.3, 0.4) is 0 Å². The molecule has 3 heteroatoms. The van der Waals surface area contributed by atoms with Crippen LogP contribution < -0.4 is 3.58 Å². The molecule has 0 aliphatic carbocycles. The van der Waals surface area contributed by atoms with Crippen LogP contribution >= 0.6 is 0 Å². The zero-order valence-corrected chi connectivity index (χ0v) is 15.0. The second-order valence-electron chi connectivity index (χ2n) is 6.32. The number of pyridine rings is 1. The Kier molecular flexibility index (Phi) is 3.46. The first-order valence-electron chi connectivity index (χ1n) is 6.92. The molecule has 0 amide bonds. The molecular formula is C17H19NOSn. The first kappa shape index (κ1) is 13.8. The number of fused-ring (bicyclic) bond motifs is 3. The molecule has 1 N–H and O–H groups in total. The van der Waals surface area contributed by atoms with Gasteiger partial charge in [-0.3, -0.25) is 0 Å². The molecule has 0 unspecified atom stereocenters. The monoisotopic (exact) mass is 373 g/mol. The SMILES string of the molecule is [CH3][Sn]([CH3])([CH3])[c]1ccc2cnc3cc(CO)ccc3c2c1. The zero-order chi connectivity index (χ0) is 14.3. The van der Waals surface area contributed by atoms with Crippen LogP contribution in [0.4, 0.5) is 0 Å². The van der Waals surface area contributed by atoms with Gasteiger partial charge < -0.3 is 0 Å². The molecule has 3 aromatic rings. The molecule has 1 heterocycles. The zero-order valence-electron chi connectivity index (χ0n) is 12.1. The Morgan fingerprint density at radius 1 is 1.00 bits per heavy atom. The fourth-order valence-electron chi connectivity index (χ4n) is 2.52. The van der Waals surface area contributed by atoms with Gasteiger partial charge in [0.05, 0.1) is 0 Å². The predicted molar refractivity (Wildman–Crippen MR) is 88.2 cm³/mol. The van der Waals surface area contributed by atoms with Crippen molar-refractivity contribution in [3.05, 3.63) is 48.2 Å². The number of rotatable bonds is 2. The summed E-state index contributed by atoms with van der Waals surface area (Å²) in [5, 5.41) is 12.9. The van der Waals surface area contributed by atoms with Crippen molar-refractivity contribution >= 4 is 43.6 Å². The van der Waals surface area contributed by atoms with E-state index in [2.05, 4.69) is 44.1 Å². The van der Waals surface area contributed by atoms with Gasteiger partial charge in [-0.15, -0.1) is 0 Å². The topological polar surface area (TPSA) is 33.1 Å². The predicted octanol–water partition coefficient (Wildman–Crippen LogP) is 3.43. The number of hydrogen-bond acceptors (Lipinski definition) is 2. The molecule has 102 valence electrons. The van der Waals surface area contributed by atoms with Gasteiger partial charge in [0.2, 0.25) is 0 Å². The van der Waals surface area contributed by atoms with E-state index in [0.29, 0.717) is 0 Å². The van der Waals surface area contributed by atoms with E-state index in [0.717, 1.165) is 11.1 Å². The molecule has 0 fully saturated rings. The van der Waals surface area contributed by atoms with Crippen molar-refractivity contribution in [1.29, 1.82) is 0 Å². The Morgan fingerprint density at radius 2 is 1.80 bits per heavy atom. The molecule has 3 rings (SSSR count). The Hall–Kier alpha value is -1.13. The van der Waals surface area contributed by atoms with Gasteiger partial charge >= 0.3 is 123 Å². The third-order valence-corrected chi connectivity index (χ3v) is 9.63. The standard InChI is InChI=1S/C14H10NO.3CH3.Sn/c16-9-10-5-6-13-12-4-2-1-3-11(12)8-15-14(13)7-10;;;;/h1,3-8,16H,9H2;3*1H3;. The maximum absolute atomic E-state index is 9.24. The van der Waals surface area contributed by atoms with Crippen LogP contribution in [0.1, 0.15) is 5.56 Å². The van der Waals surface area contributed by atoms with Gasteiger partial charge in [-0.25, -0.2) is 0 Å². The van der Waals surface area contributed by atoms with Gasteiger partial charge in [-0.2, -0.15) is 0 Å². The normalized spacial score (nSPS) is 12.2. The van der Waals surface area contributed by atoms with Crippen molar-refractivity contribution in [3.63, 3.8) is 0 Å². The third-order valence-electron chi connectivity index (χ3n) is 3.80. The van der Waals surface area contributed by atoms with Gasteiger partial charge in [-0.05, 0) is 0 Å². The first-order chi connectivity index (χ1) is 9.49. The van der Waals surface area contributed by atoms with Crippen LogP contribution in [-0.4, -0.2) is 28.5 Å². The number of aromatic nitrogens is 1. The quantitative estimate of drug-likeness (QED) is 0.553. The second kappa shape index (κ2) is 5.01. The fraction of sp³-hybridized carbons (Fsp3) is 0.235. The molecule has 1 aromatic heterocycles. The van der Waals surface area contributed by atoms with E-state index in [-0.39, 0.29) is 6.61 Å². The van der Waals surface area contributed by atoms with E-state index in [9.17, 15) is 5.11 Å². The molecule has 0 saturated carbocycles. The van der Waals surface area contributed by atoms with Crippen molar-refractivity contribution in [2.45, 2.75) is 21.4 Å². The van der Waals surface area contributed by atoms with Gasteiger partial charge in [-0.1, -0.05) is 0 Å². The van der Waals surface area contributed by atoms with E-state index in [1.165, 1.54) is 19.7 Å². The Labute approximate surface area is 123 Å². The summed E-state index contributed by atoms with van der Waals surface area (Å²) in [7, 11) is 0. The third kappa shape index (κ3) is 2.42. The van der Waals surface area contributed by atoms with E-state index < -0.39 is 18.4 Å². The minimum atomic E-state index is -2.06. The number of hydrogen-bond donors (Lipinski definition) is 1. The summed E-state index contributed by atoms with van der Waals surface area (Å²) in [6.07, 6.45) is 1.93. The molecule has 0 bridgehead atoms. The molecule has 0 aliphatic rings. The molecule has 0 spiro atoms.